The third-order valence-corrected chi connectivity index (χ3v) is 4.89. The van der Waals surface area contributed by atoms with Crippen LogP contribution in [-0.4, -0.2) is 51.4 Å². The lowest BCUT2D eigenvalue weighted by atomic mass is 9.94. The highest BCUT2D eigenvalue weighted by Crippen LogP contribution is 2.22. The van der Waals surface area contributed by atoms with Crippen molar-refractivity contribution in [2.24, 2.45) is 13.0 Å². The standard InChI is InChI=1S/C16H26N4O/c1-18-12-7-17-15(18)13-19-10-5-14(6-11-19)16(21)20-8-3-2-4-9-20/h7,12,14H,2-6,8-11,13H2,1H3. The number of nitrogens with zero attached hydrogens (tertiary/aromatic N) is 4. The first-order chi connectivity index (χ1) is 10.2. The van der Waals surface area contributed by atoms with Crippen molar-refractivity contribution >= 4 is 5.91 Å². The summed E-state index contributed by atoms with van der Waals surface area (Å²) in [5.41, 5.74) is 0. The Morgan fingerprint density at radius 3 is 2.52 bits per heavy atom. The van der Waals surface area contributed by atoms with E-state index < -0.39 is 0 Å². The topological polar surface area (TPSA) is 41.4 Å². The van der Waals surface area contributed by atoms with E-state index in [1.807, 2.05) is 19.4 Å². The Labute approximate surface area is 126 Å². The number of piperidine rings is 2. The van der Waals surface area contributed by atoms with Crippen molar-refractivity contribution in [3.8, 4) is 0 Å². The first kappa shape index (κ1) is 14.6. The van der Waals surface area contributed by atoms with E-state index >= 15 is 0 Å². The van der Waals surface area contributed by atoms with E-state index in [0.717, 1.165) is 51.4 Å². The van der Waals surface area contributed by atoms with Crippen LogP contribution in [0.1, 0.15) is 37.9 Å². The van der Waals surface area contributed by atoms with Crippen LogP contribution >= 0.6 is 0 Å². The van der Waals surface area contributed by atoms with Gasteiger partial charge in [0.2, 0.25) is 5.91 Å². The SMILES string of the molecule is Cn1ccnc1CN1CCC(C(=O)N2CCCCC2)CC1. The quantitative estimate of drug-likeness (QED) is 0.850. The van der Waals surface area contributed by atoms with Gasteiger partial charge in [-0.2, -0.15) is 0 Å². The highest BCUT2D eigenvalue weighted by molar-refractivity contribution is 5.79. The van der Waals surface area contributed by atoms with E-state index in [4.69, 9.17) is 0 Å². The molecule has 0 N–H and O–H groups in total. The molecule has 1 aromatic rings. The molecule has 21 heavy (non-hydrogen) atoms. The maximum atomic E-state index is 12.5. The zero-order chi connectivity index (χ0) is 14.7. The first-order valence-corrected chi connectivity index (χ1v) is 8.21. The average molecular weight is 290 g/mol. The lowest BCUT2D eigenvalue weighted by Gasteiger charge is -2.35. The molecule has 5 nitrogen and oxygen atoms in total. The summed E-state index contributed by atoms with van der Waals surface area (Å²) >= 11 is 0. The minimum atomic E-state index is 0.251. The van der Waals surface area contributed by atoms with Gasteiger partial charge < -0.3 is 9.47 Å². The molecule has 2 saturated heterocycles. The van der Waals surface area contributed by atoms with Crippen molar-refractivity contribution in [2.75, 3.05) is 26.2 Å². The van der Waals surface area contributed by atoms with E-state index in [1.54, 1.807) is 0 Å². The summed E-state index contributed by atoms with van der Waals surface area (Å²) in [4.78, 5) is 21.4. The van der Waals surface area contributed by atoms with Crippen LogP contribution in [0.15, 0.2) is 12.4 Å². The second-order valence-electron chi connectivity index (χ2n) is 6.39. The molecule has 0 saturated carbocycles. The molecule has 0 atom stereocenters. The van der Waals surface area contributed by atoms with Crippen molar-refractivity contribution in [1.82, 2.24) is 19.4 Å². The summed E-state index contributed by atoms with van der Waals surface area (Å²) in [7, 11) is 2.04. The zero-order valence-electron chi connectivity index (χ0n) is 13.0. The fourth-order valence-electron chi connectivity index (χ4n) is 3.46. The molecular weight excluding hydrogens is 264 g/mol. The third kappa shape index (κ3) is 3.46. The van der Waals surface area contributed by atoms with Gasteiger partial charge in [-0.25, -0.2) is 4.98 Å². The number of carbonyl (C=O) groups is 1. The lowest BCUT2D eigenvalue weighted by molar-refractivity contribution is -0.138. The average Bonchev–Trinajstić information content (AvgIpc) is 2.93. The summed E-state index contributed by atoms with van der Waals surface area (Å²) in [5.74, 6) is 1.77. The molecule has 1 aromatic heterocycles. The minimum absolute atomic E-state index is 0.251. The summed E-state index contributed by atoms with van der Waals surface area (Å²) in [6.45, 7) is 4.88. The molecule has 3 heterocycles. The molecule has 5 heteroatoms. The number of likely N-dealkylation sites (tertiary alicyclic amines) is 2. The Kier molecular flexibility index (Phi) is 4.58. The van der Waals surface area contributed by atoms with Crippen LogP contribution in [0.2, 0.25) is 0 Å². The molecular formula is C16H26N4O. The highest BCUT2D eigenvalue weighted by Gasteiger charge is 2.29. The van der Waals surface area contributed by atoms with Crippen LogP contribution in [0.3, 0.4) is 0 Å². The number of rotatable bonds is 3. The van der Waals surface area contributed by atoms with Crippen molar-refractivity contribution in [1.29, 1.82) is 0 Å². The second-order valence-corrected chi connectivity index (χ2v) is 6.39. The molecule has 0 bridgehead atoms. The third-order valence-electron chi connectivity index (χ3n) is 4.89. The van der Waals surface area contributed by atoms with Gasteiger partial charge in [0.25, 0.3) is 0 Å². The summed E-state index contributed by atoms with van der Waals surface area (Å²) < 4.78 is 2.07. The molecule has 3 rings (SSSR count). The van der Waals surface area contributed by atoms with Crippen LogP contribution in [-0.2, 0) is 18.4 Å². The first-order valence-electron chi connectivity index (χ1n) is 8.21. The van der Waals surface area contributed by atoms with Crippen molar-refractivity contribution in [3.05, 3.63) is 18.2 Å². The van der Waals surface area contributed by atoms with E-state index in [0.29, 0.717) is 5.91 Å². The van der Waals surface area contributed by atoms with Gasteiger partial charge in [-0.1, -0.05) is 0 Å². The highest BCUT2D eigenvalue weighted by atomic mass is 16.2. The number of amides is 1. The number of aromatic nitrogens is 2. The summed E-state index contributed by atoms with van der Waals surface area (Å²) in [6.07, 6.45) is 9.49. The van der Waals surface area contributed by atoms with E-state index in [9.17, 15) is 4.79 Å². The number of aryl methyl sites for hydroxylation is 1. The maximum absolute atomic E-state index is 12.5. The molecule has 2 fully saturated rings. The molecule has 116 valence electrons. The minimum Gasteiger partial charge on any atom is -0.342 e. The van der Waals surface area contributed by atoms with E-state index in [-0.39, 0.29) is 5.92 Å². The Balaban J connectivity index is 1.48. The Bertz CT molecular complexity index is 470. The van der Waals surface area contributed by atoms with Crippen molar-refractivity contribution < 1.29 is 4.79 Å². The molecule has 2 aliphatic rings. The fraction of sp³-hybridized carbons (Fsp3) is 0.750. The van der Waals surface area contributed by atoms with Crippen LogP contribution in [0.5, 0.6) is 0 Å². The molecule has 0 radical (unpaired) electrons. The monoisotopic (exact) mass is 290 g/mol. The number of hydrogen-bond acceptors (Lipinski definition) is 3. The lowest BCUT2D eigenvalue weighted by Crippen LogP contribution is -2.44. The van der Waals surface area contributed by atoms with Gasteiger partial charge in [0.15, 0.2) is 0 Å². The number of carbonyl (C=O) groups excluding carboxylic acids is 1. The Hall–Kier alpha value is -1.36. The number of hydrogen-bond donors (Lipinski definition) is 0. The summed E-state index contributed by atoms with van der Waals surface area (Å²) in [6, 6.07) is 0. The fourth-order valence-corrected chi connectivity index (χ4v) is 3.46. The van der Waals surface area contributed by atoms with Crippen LogP contribution < -0.4 is 0 Å². The molecule has 2 aliphatic heterocycles. The maximum Gasteiger partial charge on any atom is 0.225 e. The van der Waals surface area contributed by atoms with Gasteiger partial charge in [0.1, 0.15) is 5.82 Å². The smallest absolute Gasteiger partial charge is 0.225 e. The van der Waals surface area contributed by atoms with Gasteiger partial charge in [-0.15, -0.1) is 0 Å². The van der Waals surface area contributed by atoms with Crippen molar-refractivity contribution in [2.45, 2.75) is 38.6 Å². The summed E-state index contributed by atoms with van der Waals surface area (Å²) in [5, 5.41) is 0. The Morgan fingerprint density at radius 2 is 1.90 bits per heavy atom. The largest absolute Gasteiger partial charge is 0.342 e. The predicted octanol–water partition coefficient (Wildman–Crippen LogP) is 1.64. The van der Waals surface area contributed by atoms with E-state index in [2.05, 4.69) is 19.4 Å². The van der Waals surface area contributed by atoms with E-state index in [1.165, 1.54) is 19.3 Å². The van der Waals surface area contributed by atoms with Crippen LogP contribution in [0.4, 0.5) is 0 Å². The van der Waals surface area contributed by atoms with Gasteiger partial charge in [0, 0.05) is 38.4 Å². The molecule has 1 amide bonds. The zero-order valence-corrected chi connectivity index (χ0v) is 13.0. The molecule has 0 aromatic carbocycles. The van der Waals surface area contributed by atoms with Crippen molar-refractivity contribution in [3.63, 3.8) is 0 Å². The normalized spacial score (nSPS) is 21.7. The van der Waals surface area contributed by atoms with Gasteiger partial charge in [0.05, 0.1) is 6.54 Å². The molecule has 0 aliphatic carbocycles. The molecule has 0 spiro atoms. The van der Waals surface area contributed by atoms with Gasteiger partial charge >= 0.3 is 0 Å². The Morgan fingerprint density at radius 1 is 1.19 bits per heavy atom. The predicted molar refractivity (Wildman–Crippen MR) is 81.6 cm³/mol. The van der Waals surface area contributed by atoms with Gasteiger partial charge in [-0.05, 0) is 45.2 Å². The van der Waals surface area contributed by atoms with Crippen LogP contribution in [0, 0.1) is 5.92 Å². The van der Waals surface area contributed by atoms with Crippen LogP contribution in [0.25, 0.3) is 0 Å². The number of imidazole rings is 1. The second kappa shape index (κ2) is 6.60. The van der Waals surface area contributed by atoms with Gasteiger partial charge in [-0.3, -0.25) is 9.69 Å². The molecule has 0 unspecified atom stereocenters.